The summed E-state index contributed by atoms with van der Waals surface area (Å²) in [4.78, 5) is 12.0. The van der Waals surface area contributed by atoms with Crippen molar-refractivity contribution in [3.05, 3.63) is 53.6 Å². The van der Waals surface area contributed by atoms with Crippen LogP contribution in [0.25, 0.3) is 0 Å². The quantitative estimate of drug-likeness (QED) is 0.631. The van der Waals surface area contributed by atoms with Crippen molar-refractivity contribution in [2.24, 2.45) is 5.10 Å². The van der Waals surface area contributed by atoms with Crippen LogP contribution >= 0.6 is 0 Å². The molecule has 0 spiro atoms. The minimum absolute atomic E-state index is 0.0204. The number of phenols is 1. The van der Waals surface area contributed by atoms with Gasteiger partial charge in [0.05, 0.1) is 19.4 Å². The number of benzene rings is 2. The molecule has 0 fully saturated rings. The Hall–Kier alpha value is -3.02. The zero-order chi connectivity index (χ0) is 17.5. The first-order valence-electron chi connectivity index (χ1n) is 7.47. The first-order chi connectivity index (χ1) is 11.5. The summed E-state index contributed by atoms with van der Waals surface area (Å²) in [5.74, 6) is 0.751. The number of phenolic OH excluding ortho intramolecular Hbond substituents is 1. The van der Waals surface area contributed by atoms with Gasteiger partial charge in [-0.3, -0.25) is 4.79 Å². The van der Waals surface area contributed by atoms with Gasteiger partial charge in [0.1, 0.15) is 5.75 Å². The van der Waals surface area contributed by atoms with Gasteiger partial charge in [0.25, 0.3) is 5.91 Å². The molecule has 0 aliphatic heterocycles. The van der Waals surface area contributed by atoms with Crippen molar-refractivity contribution in [3.63, 3.8) is 0 Å². The molecule has 0 aromatic heterocycles. The number of hydrazone groups is 1. The van der Waals surface area contributed by atoms with Crippen molar-refractivity contribution in [3.8, 4) is 17.2 Å². The molecule has 1 amide bonds. The van der Waals surface area contributed by atoms with Gasteiger partial charge in [-0.2, -0.15) is 5.10 Å². The minimum atomic E-state index is -0.420. The highest BCUT2D eigenvalue weighted by Crippen LogP contribution is 2.30. The van der Waals surface area contributed by atoms with E-state index in [2.05, 4.69) is 10.5 Å². The molecule has 0 heterocycles. The van der Waals surface area contributed by atoms with E-state index >= 15 is 0 Å². The van der Waals surface area contributed by atoms with Crippen LogP contribution in [0.3, 0.4) is 0 Å². The number of ether oxygens (including phenoxy) is 2. The SMILES string of the molecule is COc1cccc(/C=N\NC(=O)c2cccc(O)c2)c1OC(C)C. The normalized spacial score (nSPS) is 10.8. The summed E-state index contributed by atoms with van der Waals surface area (Å²) in [5.41, 5.74) is 3.41. The Bertz CT molecular complexity index is 742. The van der Waals surface area contributed by atoms with Gasteiger partial charge >= 0.3 is 0 Å². The lowest BCUT2D eigenvalue weighted by Gasteiger charge is -2.15. The molecule has 24 heavy (non-hydrogen) atoms. The van der Waals surface area contributed by atoms with Gasteiger partial charge in [-0.05, 0) is 44.2 Å². The van der Waals surface area contributed by atoms with E-state index < -0.39 is 5.91 Å². The number of nitrogens with one attached hydrogen (secondary N) is 1. The number of amides is 1. The summed E-state index contributed by atoms with van der Waals surface area (Å²) in [5, 5.41) is 13.3. The van der Waals surface area contributed by atoms with Crippen LogP contribution in [-0.2, 0) is 0 Å². The van der Waals surface area contributed by atoms with Crippen LogP contribution in [0.4, 0.5) is 0 Å². The number of hydrogen-bond acceptors (Lipinski definition) is 5. The smallest absolute Gasteiger partial charge is 0.271 e. The molecule has 0 unspecified atom stereocenters. The molecule has 0 aliphatic rings. The fourth-order valence-electron chi connectivity index (χ4n) is 2.03. The Kier molecular flexibility index (Phi) is 5.78. The molecule has 0 bridgehead atoms. The van der Waals surface area contributed by atoms with Gasteiger partial charge in [0.15, 0.2) is 11.5 Å². The molecule has 0 saturated heterocycles. The van der Waals surface area contributed by atoms with Crippen LogP contribution in [0.5, 0.6) is 17.2 Å². The Balaban J connectivity index is 2.15. The summed E-state index contributed by atoms with van der Waals surface area (Å²) in [7, 11) is 1.56. The van der Waals surface area contributed by atoms with Crippen molar-refractivity contribution >= 4 is 12.1 Å². The molecule has 6 heteroatoms. The van der Waals surface area contributed by atoms with E-state index in [9.17, 15) is 9.90 Å². The van der Waals surface area contributed by atoms with Crippen molar-refractivity contribution in [1.82, 2.24) is 5.43 Å². The number of rotatable bonds is 6. The lowest BCUT2D eigenvalue weighted by molar-refractivity contribution is 0.0954. The van der Waals surface area contributed by atoms with E-state index in [1.54, 1.807) is 25.3 Å². The highest BCUT2D eigenvalue weighted by molar-refractivity contribution is 5.95. The highest BCUT2D eigenvalue weighted by atomic mass is 16.5. The number of hydrogen-bond donors (Lipinski definition) is 2. The molecule has 0 radical (unpaired) electrons. The molecule has 2 rings (SSSR count). The van der Waals surface area contributed by atoms with Crippen molar-refractivity contribution in [2.75, 3.05) is 7.11 Å². The predicted molar refractivity (Wildman–Crippen MR) is 91.9 cm³/mol. The van der Waals surface area contributed by atoms with Gasteiger partial charge < -0.3 is 14.6 Å². The van der Waals surface area contributed by atoms with Crippen molar-refractivity contribution < 1.29 is 19.4 Å². The monoisotopic (exact) mass is 328 g/mol. The zero-order valence-corrected chi connectivity index (χ0v) is 13.8. The second kappa shape index (κ2) is 8.01. The lowest BCUT2D eigenvalue weighted by atomic mass is 10.2. The maximum atomic E-state index is 12.0. The number of aromatic hydroxyl groups is 1. The molecule has 6 nitrogen and oxygen atoms in total. The van der Waals surface area contributed by atoms with E-state index in [4.69, 9.17) is 9.47 Å². The molecule has 2 N–H and O–H groups in total. The predicted octanol–water partition coefficient (Wildman–Crippen LogP) is 2.95. The van der Waals surface area contributed by atoms with Crippen LogP contribution in [0, 0.1) is 0 Å². The number of para-hydroxylation sites is 1. The number of carbonyl (C=O) groups is 1. The number of nitrogens with zero attached hydrogens (tertiary/aromatic N) is 1. The van der Waals surface area contributed by atoms with E-state index in [0.717, 1.165) is 0 Å². The van der Waals surface area contributed by atoms with E-state index in [0.29, 0.717) is 22.6 Å². The summed E-state index contributed by atoms with van der Waals surface area (Å²) in [6, 6.07) is 11.4. The van der Waals surface area contributed by atoms with Gasteiger partial charge in [0, 0.05) is 11.1 Å². The van der Waals surface area contributed by atoms with E-state index in [-0.39, 0.29) is 11.9 Å². The Morgan fingerprint density at radius 3 is 2.67 bits per heavy atom. The third-order valence-corrected chi connectivity index (χ3v) is 3.06. The lowest BCUT2D eigenvalue weighted by Crippen LogP contribution is -2.17. The van der Waals surface area contributed by atoms with Crippen LogP contribution in [-0.4, -0.2) is 30.4 Å². The Labute approximate surface area is 140 Å². The average molecular weight is 328 g/mol. The summed E-state index contributed by atoms with van der Waals surface area (Å²) >= 11 is 0. The second-order valence-corrected chi connectivity index (χ2v) is 5.29. The average Bonchev–Trinajstić information content (AvgIpc) is 2.55. The minimum Gasteiger partial charge on any atom is -0.508 e. The van der Waals surface area contributed by atoms with Crippen LogP contribution in [0.2, 0.25) is 0 Å². The summed E-state index contributed by atoms with van der Waals surface area (Å²) in [6.45, 7) is 3.83. The number of methoxy groups -OCH3 is 1. The Morgan fingerprint density at radius 2 is 2.00 bits per heavy atom. The van der Waals surface area contributed by atoms with Crippen LogP contribution in [0.15, 0.2) is 47.6 Å². The topological polar surface area (TPSA) is 80.2 Å². The van der Waals surface area contributed by atoms with Crippen molar-refractivity contribution in [2.45, 2.75) is 20.0 Å². The second-order valence-electron chi connectivity index (χ2n) is 5.29. The molecule has 0 aliphatic carbocycles. The van der Waals surface area contributed by atoms with E-state index in [1.807, 2.05) is 26.0 Å². The van der Waals surface area contributed by atoms with Crippen molar-refractivity contribution in [1.29, 1.82) is 0 Å². The van der Waals surface area contributed by atoms with Crippen LogP contribution < -0.4 is 14.9 Å². The summed E-state index contributed by atoms with van der Waals surface area (Å²) < 4.78 is 11.1. The molecule has 0 saturated carbocycles. The molecule has 0 atom stereocenters. The van der Waals surface area contributed by atoms with Gasteiger partial charge in [0.2, 0.25) is 0 Å². The van der Waals surface area contributed by atoms with Gasteiger partial charge in [-0.25, -0.2) is 5.43 Å². The fraction of sp³-hybridized carbons (Fsp3) is 0.222. The molecular weight excluding hydrogens is 308 g/mol. The molecule has 2 aromatic carbocycles. The highest BCUT2D eigenvalue weighted by Gasteiger charge is 2.11. The van der Waals surface area contributed by atoms with Gasteiger partial charge in [-0.1, -0.05) is 12.1 Å². The maximum Gasteiger partial charge on any atom is 0.271 e. The largest absolute Gasteiger partial charge is 0.508 e. The summed E-state index contributed by atoms with van der Waals surface area (Å²) in [6.07, 6.45) is 1.45. The third kappa shape index (κ3) is 4.49. The standard InChI is InChI=1S/C18H20N2O4/c1-12(2)24-17-14(7-5-9-16(17)23-3)11-19-20-18(22)13-6-4-8-15(21)10-13/h4-12,21H,1-3H3,(H,20,22)/b19-11-. The first kappa shape index (κ1) is 17.3. The molecule has 2 aromatic rings. The molecular formula is C18H20N2O4. The zero-order valence-electron chi connectivity index (χ0n) is 13.8. The maximum absolute atomic E-state index is 12.0. The van der Waals surface area contributed by atoms with Gasteiger partial charge in [-0.15, -0.1) is 0 Å². The third-order valence-electron chi connectivity index (χ3n) is 3.06. The molecule has 126 valence electrons. The number of carbonyl (C=O) groups excluding carboxylic acids is 1. The fourth-order valence-corrected chi connectivity index (χ4v) is 2.03. The Morgan fingerprint density at radius 1 is 1.25 bits per heavy atom. The van der Waals surface area contributed by atoms with E-state index in [1.165, 1.54) is 18.3 Å². The van der Waals surface area contributed by atoms with Crippen LogP contribution in [0.1, 0.15) is 29.8 Å². The first-order valence-corrected chi connectivity index (χ1v) is 7.47.